The van der Waals surface area contributed by atoms with Crippen LogP contribution in [0.3, 0.4) is 0 Å². The quantitative estimate of drug-likeness (QED) is 0.0300. The van der Waals surface area contributed by atoms with E-state index in [-0.39, 0.29) is 44.9 Å². The van der Waals surface area contributed by atoms with Gasteiger partial charge < -0.3 is 41.3 Å². The van der Waals surface area contributed by atoms with Gasteiger partial charge in [-0.15, -0.1) is 0 Å². The van der Waals surface area contributed by atoms with Gasteiger partial charge in [0.25, 0.3) is 23.6 Å². The highest BCUT2D eigenvalue weighted by molar-refractivity contribution is 6.15. The number of aryl methyl sites for hydroxylation is 3. The monoisotopic (exact) mass is 938 g/mol. The Labute approximate surface area is 399 Å². The fraction of sp³-hybridized carbons (Fsp3) is 0.283. The maximum Gasteiger partial charge on any atom is 0.265 e. The molecule has 0 bridgehead atoms. The molecule has 69 heavy (non-hydrogen) atoms. The Bertz CT molecular complexity index is 3120. The minimum atomic E-state index is -1.48. The molecule has 10 N–H and O–H groups in total. The van der Waals surface area contributed by atoms with Gasteiger partial charge in [0.15, 0.2) is 23.0 Å². The van der Waals surface area contributed by atoms with Crippen LogP contribution in [0.25, 0.3) is 32.7 Å². The van der Waals surface area contributed by atoms with E-state index in [9.17, 15) is 49.8 Å². The first-order valence-electron chi connectivity index (χ1n) is 22.2. The standard InChI is InChI=1S/C53H58N6O10/c1-25(2)36-32-21-28(6)38(44(62)40(32)34(42(60)46(36)64)23-54-58-50(68)52(8,9)56-48(66)30-15-13-12-14-16-30)39-29(7)22-33-37(26(3)4)47(65)43(61)35(41(33)45(39)63)24-55-59-51(69)53(10,11)57-49(67)31-19-17-27(5)18-20-31/h12-26,60-65H,1-11H3,(H,56,66)(H,57,67)(H,58,68)(H,59,69)/b54-23+,55-24+. The number of fused-ring (bicyclic) bond motifs is 2. The van der Waals surface area contributed by atoms with Crippen LogP contribution in [-0.2, 0) is 9.59 Å². The number of hydrogen-bond acceptors (Lipinski definition) is 12. The van der Waals surface area contributed by atoms with E-state index in [0.717, 1.165) is 18.0 Å². The number of phenols is 6. The van der Waals surface area contributed by atoms with Gasteiger partial charge in [-0.1, -0.05) is 75.7 Å². The minimum absolute atomic E-state index is 0.00106. The van der Waals surface area contributed by atoms with Gasteiger partial charge in [-0.2, -0.15) is 10.2 Å². The van der Waals surface area contributed by atoms with Crippen molar-refractivity contribution in [1.29, 1.82) is 0 Å². The van der Waals surface area contributed by atoms with Crippen LogP contribution in [0.15, 0.2) is 76.9 Å². The third-order valence-electron chi connectivity index (χ3n) is 12.0. The third kappa shape index (κ3) is 9.68. The van der Waals surface area contributed by atoms with Gasteiger partial charge >= 0.3 is 0 Å². The molecule has 4 amide bonds. The second kappa shape index (κ2) is 19.2. The van der Waals surface area contributed by atoms with Crippen molar-refractivity contribution in [3.8, 4) is 45.6 Å². The number of hydrogen-bond donors (Lipinski definition) is 10. The zero-order chi connectivity index (χ0) is 51.0. The van der Waals surface area contributed by atoms with E-state index in [1.54, 1.807) is 108 Å². The van der Waals surface area contributed by atoms with E-state index in [4.69, 9.17) is 0 Å². The number of nitrogens with one attached hydrogen (secondary N) is 4. The largest absolute Gasteiger partial charge is 0.507 e. The second-order valence-electron chi connectivity index (χ2n) is 18.8. The van der Waals surface area contributed by atoms with Gasteiger partial charge in [0.05, 0.1) is 23.6 Å². The van der Waals surface area contributed by atoms with Gasteiger partial charge in [-0.05, 0) is 106 Å². The molecular formula is C53H58N6O10. The number of hydrazone groups is 2. The summed E-state index contributed by atoms with van der Waals surface area (Å²) in [6, 6.07) is 18.5. The summed E-state index contributed by atoms with van der Waals surface area (Å²) in [5.41, 5.74) is 4.63. The zero-order valence-corrected chi connectivity index (χ0v) is 40.4. The number of benzene rings is 6. The molecule has 0 radical (unpaired) electrons. The summed E-state index contributed by atoms with van der Waals surface area (Å²) in [5, 5.41) is 85.1. The molecule has 0 heterocycles. The maximum atomic E-state index is 13.4. The van der Waals surface area contributed by atoms with Crippen LogP contribution in [0.4, 0.5) is 0 Å². The topological polar surface area (TPSA) is 262 Å². The van der Waals surface area contributed by atoms with E-state index in [0.29, 0.717) is 44.2 Å². The first-order chi connectivity index (χ1) is 32.3. The van der Waals surface area contributed by atoms with Gasteiger partial charge in [-0.25, -0.2) is 10.9 Å². The van der Waals surface area contributed by atoms with Crippen LogP contribution in [0.1, 0.15) is 127 Å². The van der Waals surface area contributed by atoms with Crippen molar-refractivity contribution in [2.75, 3.05) is 0 Å². The Morgan fingerprint density at radius 1 is 0.522 bits per heavy atom. The molecule has 0 atom stereocenters. The molecule has 16 nitrogen and oxygen atoms in total. The predicted octanol–water partition coefficient (Wildman–Crippen LogP) is 8.38. The molecule has 0 saturated heterocycles. The third-order valence-corrected chi connectivity index (χ3v) is 12.0. The average molecular weight is 939 g/mol. The summed E-state index contributed by atoms with van der Waals surface area (Å²) in [7, 11) is 0. The van der Waals surface area contributed by atoms with Crippen molar-refractivity contribution in [2.24, 2.45) is 10.2 Å². The molecule has 6 aromatic rings. The van der Waals surface area contributed by atoms with Crippen LogP contribution in [-0.4, -0.2) is 77.8 Å². The van der Waals surface area contributed by atoms with Crippen LogP contribution >= 0.6 is 0 Å². The highest BCUT2D eigenvalue weighted by Crippen LogP contribution is 2.54. The van der Waals surface area contributed by atoms with Crippen molar-refractivity contribution in [1.82, 2.24) is 21.5 Å². The van der Waals surface area contributed by atoms with Gasteiger partial charge in [0, 0.05) is 44.2 Å². The fourth-order valence-electron chi connectivity index (χ4n) is 8.33. The van der Waals surface area contributed by atoms with Crippen molar-refractivity contribution in [3.63, 3.8) is 0 Å². The normalized spacial score (nSPS) is 12.1. The molecule has 6 aromatic carbocycles. The Kier molecular flexibility index (Phi) is 14.0. The lowest BCUT2D eigenvalue weighted by Crippen LogP contribution is -2.53. The van der Waals surface area contributed by atoms with Crippen LogP contribution in [0.2, 0.25) is 0 Å². The Hall–Kier alpha value is -8.14. The Balaban J connectivity index is 1.47. The van der Waals surface area contributed by atoms with E-state index >= 15 is 0 Å². The number of phenolic OH excluding ortho intramolecular Hbond substituents is 6. The predicted molar refractivity (Wildman–Crippen MR) is 267 cm³/mol. The summed E-state index contributed by atoms with van der Waals surface area (Å²) in [5.74, 6) is -6.42. The maximum absolute atomic E-state index is 13.4. The SMILES string of the molecule is Cc1ccc(C(=O)NC(C)(C)C(=O)N/N=C/c2c(O)c(O)c(C(C)C)c3cc(C)c(-c4c(C)cc5c(C(C)C)c(O)c(O)c(/C=N/NC(=O)C(C)(C)NC(=O)c6ccccc6)c5c4O)c(O)c23)cc1. The highest BCUT2D eigenvalue weighted by atomic mass is 16.3. The van der Waals surface area contributed by atoms with Gasteiger partial charge in [0.2, 0.25) is 0 Å². The number of carbonyl (C=O) groups is 4. The summed E-state index contributed by atoms with van der Waals surface area (Å²) < 4.78 is 0. The van der Waals surface area contributed by atoms with Gasteiger partial charge in [-0.3, -0.25) is 19.2 Å². The molecule has 16 heteroatoms. The fourth-order valence-corrected chi connectivity index (χ4v) is 8.33. The van der Waals surface area contributed by atoms with E-state index < -0.39 is 69.2 Å². The number of nitrogens with zero attached hydrogens (tertiary/aromatic N) is 2. The Morgan fingerprint density at radius 2 is 0.884 bits per heavy atom. The zero-order valence-electron chi connectivity index (χ0n) is 40.4. The molecule has 0 spiro atoms. The molecule has 0 aromatic heterocycles. The first-order valence-corrected chi connectivity index (χ1v) is 22.2. The van der Waals surface area contributed by atoms with Gasteiger partial charge in [0.1, 0.15) is 22.6 Å². The summed E-state index contributed by atoms with van der Waals surface area (Å²) in [6.45, 7) is 18.3. The van der Waals surface area contributed by atoms with Crippen molar-refractivity contribution >= 4 is 57.6 Å². The molecule has 6 rings (SSSR count). The van der Waals surface area contributed by atoms with Crippen LogP contribution in [0.5, 0.6) is 34.5 Å². The lowest BCUT2D eigenvalue weighted by molar-refractivity contribution is -0.126. The molecule has 0 unspecified atom stereocenters. The molecule has 0 aliphatic carbocycles. The van der Waals surface area contributed by atoms with Crippen molar-refractivity contribution < 1.29 is 49.8 Å². The van der Waals surface area contributed by atoms with Crippen molar-refractivity contribution in [3.05, 3.63) is 117 Å². The van der Waals surface area contributed by atoms with E-state index in [1.807, 2.05) is 6.92 Å². The smallest absolute Gasteiger partial charge is 0.265 e. The molecule has 0 fully saturated rings. The number of aromatic hydroxyl groups is 6. The van der Waals surface area contributed by atoms with Crippen LogP contribution < -0.4 is 21.5 Å². The summed E-state index contributed by atoms with van der Waals surface area (Å²) in [6.07, 6.45) is 2.10. The number of rotatable bonds is 13. The molecule has 360 valence electrons. The summed E-state index contributed by atoms with van der Waals surface area (Å²) >= 11 is 0. The molecular weight excluding hydrogens is 881 g/mol. The van der Waals surface area contributed by atoms with Crippen molar-refractivity contribution in [2.45, 2.75) is 99.1 Å². The second-order valence-corrected chi connectivity index (χ2v) is 18.8. The number of carbonyl (C=O) groups excluding carboxylic acids is 4. The molecule has 0 saturated carbocycles. The average Bonchev–Trinajstić information content (AvgIpc) is 3.27. The molecule has 0 aliphatic rings. The Morgan fingerprint density at radius 3 is 1.25 bits per heavy atom. The van der Waals surface area contributed by atoms with E-state index in [1.165, 1.54) is 27.7 Å². The first kappa shape index (κ1) is 50.3. The lowest BCUT2D eigenvalue weighted by atomic mass is 9.83. The summed E-state index contributed by atoms with van der Waals surface area (Å²) in [4.78, 5) is 52.7. The van der Waals surface area contributed by atoms with Crippen LogP contribution in [0, 0.1) is 20.8 Å². The number of amides is 4. The highest BCUT2D eigenvalue weighted by Gasteiger charge is 2.33. The van der Waals surface area contributed by atoms with E-state index in [2.05, 4.69) is 31.7 Å². The lowest BCUT2D eigenvalue weighted by Gasteiger charge is -2.24. The minimum Gasteiger partial charge on any atom is -0.507 e. The molecule has 0 aliphatic heterocycles.